The lowest BCUT2D eigenvalue weighted by Gasteiger charge is -2.10. The molecule has 3 N–H and O–H groups in total. The zero-order chi connectivity index (χ0) is 15.2. The van der Waals surface area contributed by atoms with Crippen LogP contribution in [0.4, 0.5) is 5.69 Å². The highest BCUT2D eigenvalue weighted by Gasteiger charge is 2.08. The number of nitrogens with one attached hydrogen (secondary N) is 1. The zero-order valence-electron chi connectivity index (χ0n) is 11.7. The van der Waals surface area contributed by atoms with E-state index in [1.807, 2.05) is 31.2 Å². The Balaban J connectivity index is 2.06. The quantitative estimate of drug-likeness (QED) is 0.814. The molecule has 110 valence electrons. The zero-order valence-corrected chi connectivity index (χ0v) is 13.3. The van der Waals surface area contributed by atoms with Crippen molar-refractivity contribution in [2.24, 2.45) is 0 Å². The maximum absolute atomic E-state index is 11.7. The molecule has 0 saturated heterocycles. The van der Waals surface area contributed by atoms with E-state index in [0.717, 1.165) is 10.0 Å². The summed E-state index contributed by atoms with van der Waals surface area (Å²) in [5, 5.41) is 2.73. The number of anilines is 1. The van der Waals surface area contributed by atoms with E-state index in [4.69, 9.17) is 10.5 Å². The van der Waals surface area contributed by atoms with Gasteiger partial charge in [0.05, 0.1) is 5.69 Å². The maximum atomic E-state index is 11.7. The topological polar surface area (TPSA) is 64.3 Å². The molecule has 0 atom stereocenters. The van der Waals surface area contributed by atoms with E-state index in [0.29, 0.717) is 30.2 Å². The molecule has 0 aromatic heterocycles. The van der Waals surface area contributed by atoms with Crippen LogP contribution in [0.3, 0.4) is 0 Å². The van der Waals surface area contributed by atoms with Crippen LogP contribution in [0.5, 0.6) is 5.75 Å². The Morgan fingerprint density at radius 1 is 1.29 bits per heavy atom. The molecule has 2 rings (SSSR count). The van der Waals surface area contributed by atoms with Crippen molar-refractivity contribution in [3.8, 4) is 5.75 Å². The molecule has 0 radical (unpaired) electrons. The van der Waals surface area contributed by atoms with E-state index in [9.17, 15) is 4.79 Å². The molecule has 4 nitrogen and oxygen atoms in total. The molecule has 0 fully saturated rings. The lowest BCUT2D eigenvalue weighted by atomic mass is 10.1. The molecule has 0 spiro atoms. The number of benzene rings is 2. The second kappa shape index (κ2) is 7.13. The highest BCUT2D eigenvalue weighted by Crippen LogP contribution is 2.24. The molecule has 0 aliphatic rings. The summed E-state index contributed by atoms with van der Waals surface area (Å²) in [6.45, 7) is 2.88. The Morgan fingerprint density at radius 2 is 2.10 bits per heavy atom. The molecule has 2 aromatic carbocycles. The van der Waals surface area contributed by atoms with Gasteiger partial charge in [-0.15, -0.1) is 0 Å². The fraction of sp³-hybridized carbons (Fsp3) is 0.188. The van der Waals surface area contributed by atoms with Gasteiger partial charge in [-0.25, -0.2) is 0 Å². The Bertz CT molecular complexity index is 644. The largest absolute Gasteiger partial charge is 0.487 e. The van der Waals surface area contributed by atoms with Gasteiger partial charge < -0.3 is 15.8 Å². The minimum absolute atomic E-state index is 0.136. The van der Waals surface area contributed by atoms with E-state index >= 15 is 0 Å². The van der Waals surface area contributed by atoms with Crippen molar-refractivity contribution >= 4 is 27.5 Å². The monoisotopic (exact) mass is 348 g/mol. The summed E-state index contributed by atoms with van der Waals surface area (Å²) in [5.41, 5.74) is 7.96. The van der Waals surface area contributed by atoms with Crippen molar-refractivity contribution in [2.45, 2.75) is 13.5 Å². The number of carbonyl (C=O) groups excluding carboxylic acids is 1. The van der Waals surface area contributed by atoms with Crippen LogP contribution in [0.2, 0.25) is 0 Å². The van der Waals surface area contributed by atoms with Gasteiger partial charge in [-0.05, 0) is 42.8 Å². The molecular weight excluding hydrogens is 332 g/mol. The van der Waals surface area contributed by atoms with Crippen molar-refractivity contribution < 1.29 is 9.53 Å². The predicted molar refractivity (Wildman–Crippen MR) is 87.3 cm³/mol. The molecule has 2 aromatic rings. The molecule has 0 bridgehead atoms. The summed E-state index contributed by atoms with van der Waals surface area (Å²) in [6.07, 6.45) is 0. The number of carbonyl (C=O) groups is 1. The average molecular weight is 349 g/mol. The molecule has 1 amide bonds. The van der Waals surface area contributed by atoms with E-state index in [1.165, 1.54) is 0 Å². The Hall–Kier alpha value is -2.01. The molecular formula is C16H17BrN2O2. The summed E-state index contributed by atoms with van der Waals surface area (Å²) >= 11 is 3.42. The number of nitrogen functional groups attached to an aromatic ring is 1. The third-order valence-corrected chi connectivity index (χ3v) is 3.39. The van der Waals surface area contributed by atoms with Crippen molar-refractivity contribution in [2.75, 3.05) is 12.3 Å². The van der Waals surface area contributed by atoms with Gasteiger partial charge in [0.2, 0.25) is 0 Å². The average Bonchev–Trinajstić information content (AvgIpc) is 2.46. The van der Waals surface area contributed by atoms with Crippen LogP contribution in [-0.2, 0) is 6.61 Å². The predicted octanol–water partition coefficient (Wildman–Crippen LogP) is 3.36. The molecule has 0 heterocycles. The molecule has 0 unspecified atom stereocenters. The fourth-order valence-electron chi connectivity index (χ4n) is 1.87. The number of nitrogens with two attached hydrogens (primary N) is 1. The molecule has 21 heavy (non-hydrogen) atoms. The van der Waals surface area contributed by atoms with Crippen LogP contribution in [0.25, 0.3) is 0 Å². The maximum Gasteiger partial charge on any atom is 0.251 e. The third kappa shape index (κ3) is 4.23. The highest BCUT2D eigenvalue weighted by molar-refractivity contribution is 9.10. The van der Waals surface area contributed by atoms with Crippen molar-refractivity contribution in [1.29, 1.82) is 0 Å². The van der Waals surface area contributed by atoms with Gasteiger partial charge in [-0.1, -0.05) is 28.1 Å². The van der Waals surface area contributed by atoms with Gasteiger partial charge in [0, 0.05) is 16.6 Å². The van der Waals surface area contributed by atoms with Crippen LogP contribution in [-0.4, -0.2) is 12.5 Å². The number of rotatable bonds is 5. The second-order valence-corrected chi connectivity index (χ2v) is 5.45. The number of ether oxygens (including phenoxy) is 1. The smallest absolute Gasteiger partial charge is 0.251 e. The summed E-state index contributed by atoms with van der Waals surface area (Å²) in [6, 6.07) is 12.9. The number of hydrogen-bond donors (Lipinski definition) is 2. The van der Waals surface area contributed by atoms with E-state index in [-0.39, 0.29) is 5.91 Å². The third-order valence-electron chi connectivity index (χ3n) is 2.89. The van der Waals surface area contributed by atoms with Gasteiger partial charge in [0.1, 0.15) is 12.4 Å². The van der Waals surface area contributed by atoms with Crippen molar-refractivity contribution in [1.82, 2.24) is 5.32 Å². The van der Waals surface area contributed by atoms with Crippen LogP contribution in [0.15, 0.2) is 46.9 Å². The van der Waals surface area contributed by atoms with Crippen LogP contribution < -0.4 is 15.8 Å². The molecule has 0 aliphatic heterocycles. The van der Waals surface area contributed by atoms with Crippen LogP contribution in [0, 0.1) is 0 Å². The standard InChI is InChI=1S/C16H17BrN2O2/c1-2-19-16(20)12-6-7-15(14(18)9-12)21-10-11-4-3-5-13(17)8-11/h3-9H,2,10,18H2,1H3,(H,19,20). The minimum Gasteiger partial charge on any atom is -0.487 e. The first kappa shape index (κ1) is 15.4. The van der Waals surface area contributed by atoms with E-state index < -0.39 is 0 Å². The van der Waals surface area contributed by atoms with Crippen LogP contribution >= 0.6 is 15.9 Å². The van der Waals surface area contributed by atoms with Crippen LogP contribution in [0.1, 0.15) is 22.8 Å². The summed E-state index contributed by atoms with van der Waals surface area (Å²) in [7, 11) is 0. The minimum atomic E-state index is -0.136. The van der Waals surface area contributed by atoms with Gasteiger partial charge >= 0.3 is 0 Å². The number of halogens is 1. The highest BCUT2D eigenvalue weighted by atomic mass is 79.9. The van der Waals surface area contributed by atoms with E-state index in [2.05, 4.69) is 21.2 Å². The Labute approximate surface area is 132 Å². The number of amides is 1. The first-order valence-electron chi connectivity index (χ1n) is 6.65. The fourth-order valence-corrected chi connectivity index (χ4v) is 2.32. The summed E-state index contributed by atoms with van der Waals surface area (Å²) < 4.78 is 6.70. The number of hydrogen-bond acceptors (Lipinski definition) is 3. The SMILES string of the molecule is CCNC(=O)c1ccc(OCc2cccc(Br)c2)c(N)c1. The molecule has 0 aliphatic carbocycles. The van der Waals surface area contributed by atoms with Gasteiger partial charge in [-0.3, -0.25) is 4.79 Å². The second-order valence-electron chi connectivity index (χ2n) is 4.53. The Morgan fingerprint density at radius 3 is 2.76 bits per heavy atom. The van der Waals surface area contributed by atoms with E-state index in [1.54, 1.807) is 18.2 Å². The first-order valence-corrected chi connectivity index (χ1v) is 7.44. The molecule has 0 saturated carbocycles. The van der Waals surface area contributed by atoms with Crippen molar-refractivity contribution in [3.63, 3.8) is 0 Å². The normalized spacial score (nSPS) is 10.2. The lowest BCUT2D eigenvalue weighted by molar-refractivity contribution is 0.0956. The van der Waals surface area contributed by atoms with Gasteiger partial charge in [0.25, 0.3) is 5.91 Å². The Kier molecular flexibility index (Phi) is 5.22. The summed E-state index contributed by atoms with van der Waals surface area (Å²) in [4.78, 5) is 11.7. The summed E-state index contributed by atoms with van der Waals surface area (Å²) in [5.74, 6) is 0.436. The lowest BCUT2D eigenvalue weighted by Crippen LogP contribution is -2.22. The van der Waals surface area contributed by atoms with Crippen molar-refractivity contribution in [3.05, 3.63) is 58.1 Å². The molecule has 5 heteroatoms. The van der Waals surface area contributed by atoms with Gasteiger partial charge in [-0.2, -0.15) is 0 Å². The van der Waals surface area contributed by atoms with Gasteiger partial charge in [0.15, 0.2) is 0 Å². The first-order chi connectivity index (χ1) is 10.1.